The van der Waals surface area contributed by atoms with E-state index >= 15 is 0 Å². The van der Waals surface area contributed by atoms with Crippen molar-refractivity contribution in [1.82, 2.24) is 5.32 Å². The van der Waals surface area contributed by atoms with Gasteiger partial charge >= 0.3 is 0 Å². The van der Waals surface area contributed by atoms with Crippen molar-refractivity contribution < 1.29 is 9.18 Å². The molecule has 0 aliphatic heterocycles. The Bertz CT molecular complexity index is 396. The SMILES string of the molecule is CC(C)NCCC(=O)Nc1cc(F)ccc1Cl. The molecule has 0 saturated carbocycles. The lowest BCUT2D eigenvalue weighted by molar-refractivity contribution is -0.116. The van der Waals surface area contributed by atoms with Crippen molar-refractivity contribution in [2.75, 3.05) is 11.9 Å². The van der Waals surface area contributed by atoms with Gasteiger partial charge in [0.15, 0.2) is 0 Å². The van der Waals surface area contributed by atoms with Gasteiger partial charge in [-0.1, -0.05) is 25.4 Å². The monoisotopic (exact) mass is 258 g/mol. The lowest BCUT2D eigenvalue weighted by Gasteiger charge is -2.09. The third kappa shape index (κ3) is 5.15. The largest absolute Gasteiger partial charge is 0.325 e. The molecule has 3 nitrogen and oxygen atoms in total. The summed E-state index contributed by atoms with van der Waals surface area (Å²) in [6.45, 7) is 4.58. The topological polar surface area (TPSA) is 41.1 Å². The highest BCUT2D eigenvalue weighted by atomic mass is 35.5. The van der Waals surface area contributed by atoms with Crippen molar-refractivity contribution in [2.45, 2.75) is 26.3 Å². The first-order chi connectivity index (χ1) is 7.99. The maximum Gasteiger partial charge on any atom is 0.225 e. The van der Waals surface area contributed by atoms with E-state index in [1.165, 1.54) is 18.2 Å². The molecule has 0 radical (unpaired) electrons. The normalized spacial score (nSPS) is 10.6. The molecule has 0 atom stereocenters. The highest BCUT2D eigenvalue weighted by Gasteiger charge is 2.07. The summed E-state index contributed by atoms with van der Waals surface area (Å²) in [7, 11) is 0. The second-order valence-corrected chi connectivity index (χ2v) is 4.44. The standard InChI is InChI=1S/C12H16ClFN2O/c1-8(2)15-6-5-12(17)16-11-7-9(14)3-4-10(11)13/h3-4,7-8,15H,5-6H2,1-2H3,(H,16,17). The molecule has 0 bridgehead atoms. The predicted octanol–water partition coefficient (Wildman–Crippen LogP) is 2.81. The molecule has 5 heteroatoms. The van der Waals surface area contributed by atoms with Gasteiger partial charge in [-0.15, -0.1) is 0 Å². The third-order valence-corrected chi connectivity index (χ3v) is 2.44. The molecule has 1 aromatic rings. The molecule has 0 aliphatic carbocycles. The van der Waals surface area contributed by atoms with E-state index < -0.39 is 5.82 Å². The number of hydrogen-bond acceptors (Lipinski definition) is 2. The average Bonchev–Trinajstić information content (AvgIpc) is 2.23. The first-order valence-electron chi connectivity index (χ1n) is 5.47. The molecule has 17 heavy (non-hydrogen) atoms. The lowest BCUT2D eigenvalue weighted by Crippen LogP contribution is -2.27. The first kappa shape index (κ1) is 13.9. The summed E-state index contributed by atoms with van der Waals surface area (Å²) in [5.74, 6) is -0.615. The van der Waals surface area contributed by atoms with Gasteiger partial charge < -0.3 is 10.6 Å². The number of hydrogen-bond donors (Lipinski definition) is 2. The second-order valence-electron chi connectivity index (χ2n) is 4.03. The third-order valence-electron chi connectivity index (χ3n) is 2.11. The highest BCUT2D eigenvalue weighted by Crippen LogP contribution is 2.22. The van der Waals surface area contributed by atoms with Gasteiger partial charge in [-0.3, -0.25) is 4.79 Å². The van der Waals surface area contributed by atoms with Gasteiger partial charge in [-0.25, -0.2) is 4.39 Å². The number of anilines is 1. The number of carbonyl (C=O) groups is 1. The number of amides is 1. The van der Waals surface area contributed by atoms with E-state index in [9.17, 15) is 9.18 Å². The van der Waals surface area contributed by atoms with E-state index in [0.717, 1.165) is 0 Å². The van der Waals surface area contributed by atoms with Crippen LogP contribution in [0.3, 0.4) is 0 Å². The van der Waals surface area contributed by atoms with Crippen LogP contribution < -0.4 is 10.6 Å². The summed E-state index contributed by atoms with van der Waals surface area (Å²) in [6, 6.07) is 4.20. The molecule has 0 heterocycles. The molecule has 0 spiro atoms. The van der Waals surface area contributed by atoms with Crippen molar-refractivity contribution in [2.24, 2.45) is 0 Å². The second kappa shape index (κ2) is 6.57. The number of rotatable bonds is 5. The molecule has 94 valence electrons. The van der Waals surface area contributed by atoms with Crippen LogP contribution in [0.4, 0.5) is 10.1 Å². The van der Waals surface area contributed by atoms with Crippen molar-refractivity contribution >= 4 is 23.2 Å². The summed E-state index contributed by atoms with van der Waals surface area (Å²) < 4.78 is 12.9. The minimum Gasteiger partial charge on any atom is -0.325 e. The fourth-order valence-electron chi connectivity index (χ4n) is 1.28. The maximum absolute atomic E-state index is 12.9. The summed E-state index contributed by atoms with van der Waals surface area (Å²) in [6.07, 6.45) is 0.324. The molecule has 1 aromatic carbocycles. The summed E-state index contributed by atoms with van der Waals surface area (Å²) in [5.41, 5.74) is 0.307. The zero-order valence-corrected chi connectivity index (χ0v) is 10.6. The minimum atomic E-state index is -0.426. The quantitative estimate of drug-likeness (QED) is 0.853. The van der Waals surface area contributed by atoms with Crippen molar-refractivity contribution in [3.8, 4) is 0 Å². The Labute approximate surface area is 105 Å². The lowest BCUT2D eigenvalue weighted by atomic mass is 10.3. The summed E-state index contributed by atoms with van der Waals surface area (Å²) >= 11 is 5.83. The molecule has 0 unspecified atom stereocenters. The van der Waals surface area contributed by atoms with Crippen LogP contribution in [0.5, 0.6) is 0 Å². The van der Waals surface area contributed by atoms with E-state index in [1.54, 1.807) is 0 Å². The van der Waals surface area contributed by atoms with Crippen LogP contribution in [0, 0.1) is 5.82 Å². The van der Waals surface area contributed by atoms with Crippen molar-refractivity contribution in [3.05, 3.63) is 29.0 Å². The Morgan fingerprint density at radius 2 is 2.18 bits per heavy atom. The van der Waals surface area contributed by atoms with E-state index in [2.05, 4.69) is 10.6 Å². The molecule has 0 aliphatic rings. The van der Waals surface area contributed by atoms with E-state index in [1.807, 2.05) is 13.8 Å². The minimum absolute atomic E-state index is 0.189. The van der Waals surface area contributed by atoms with Gasteiger partial charge in [0.1, 0.15) is 5.82 Å². The molecule has 1 rings (SSSR count). The summed E-state index contributed by atoms with van der Waals surface area (Å²) in [4.78, 5) is 11.5. The number of benzene rings is 1. The molecule has 0 aromatic heterocycles. The van der Waals surface area contributed by atoms with E-state index in [-0.39, 0.29) is 5.91 Å². The Hall–Kier alpha value is -1.13. The number of halogens is 2. The maximum atomic E-state index is 12.9. The average molecular weight is 259 g/mol. The Morgan fingerprint density at radius 1 is 1.47 bits per heavy atom. The summed E-state index contributed by atoms with van der Waals surface area (Å²) in [5, 5.41) is 6.02. The van der Waals surface area contributed by atoms with E-state index in [0.29, 0.717) is 29.7 Å². The van der Waals surface area contributed by atoms with Gasteiger partial charge in [0.2, 0.25) is 5.91 Å². The fraction of sp³-hybridized carbons (Fsp3) is 0.417. The first-order valence-corrected chi connectivity index (χ1v) is 5.85. The van der Waals surface area contributed by atoms with Crippen LogP contribution in [0.25, 0.3) is 0 Å². The van der Waals surface area contributed by atoms with Crippen molar-refractivity contribution in [3.63, 3.8) is 0 Å². The van der Waals surface area contributed by atoms with Crippen molar-refractivity contribution in [1.29, 1.82) is 0 Å². The number of nitrogens with one attached hydrogen (secondary N) is 2. The molecular formula is C12H16ClFN2O. The Balaban J connectivity index is 2.47. The van der Waals surface area contributed by atoms with Crippen LogP contribution in [-0.2, 0) is 4.79 Å². The van der Waals surface area contributed by atoms with Gasteiger partial charge in [0.05, 0.1) is 10.7 Å². The highest BCUT2D eigenvalue weighted by molar-refractivity contribution is 6.33. The predicted molar refractivity (Wildman–Crippen MR) is 67.8 cm³/mol. The molecular weight excluding hydrogens is 243 g/mol. The van der Waals surface area contributed by atoms with Crippen LogP contribution in [0.15, 0.2) is 18.2 Å². The van der Waals surface area contributed by atoms with Crippen LogP contribution in [-0.4, -0.2) is 18.5 Å². The van der Waals surface area contributed by atoms with Gasteiger partial charge in [-0.05, 0) is 18.2 Å². The van der Waals surface area contributed by atoms with Crippen LogP contribution in [0.2, 0.25) is 5.02 Å². The van der Waals surface area contributed by atoms with Gasteiger partial charge in [0.25, 0.3) is 0 Å². The molecule has 0 saturated heterocycles. The zero-order valence-electron chi connectivity index (χ0n) is 9.89. The zero-order chi connectivity index (χ0) is 12.8. The number of carbonyl (C=O) groups excluding carboxylic acids is 1. The van der Waals surface area contributed by atoms with E-state index in [4.69, 9.17) is 11.6 Å². The van der Waals surface area contributed by atoms with Crippen LogP contribution >= 0.6 is 11.6 Å². The van der Waals surface area contributed by atoms with Crippen LogP contribution in [0.1, 0.15) is 20.3 Å². The molecule has 1 amide bonds. The Kier molecular flexibility index (Phi) is 5.38. The van der Waals surface area contributed by atoms with Gasteiger partial charge in [-0.2, -0.15) is 0 Å². The fourth-order valence-corrected chi connectivity index (χ4v) is 1.45. The molecule has 2 N–H and O–H groups in total. The van der Waals surface area contributed by atoms with Gasteiger partial charge in [0, 0.05) is 19.0 Å². The smallest absolute Gasteiger partial charge is 0.225 e. The Morgan fingerprint density at radius 3 is 2.82 bits per heavy atom. The molecule has 0 fully saturated rings.